The van der Waals surface area contributed by atoms with Crippen LogP contribution in [-0.4, -0.2) is 52.3 Å². The molecule has 6 heteroatoms. The highest BCUT2D eigenvalue weighted by Gasteiger charge is 2.23. The molecule has 1 atom stereocenters. The number of carbonyl (C=O) groups excluding carboxylic acids is 1. The summed E-state index contributed by atoms with van der Waals surface area (Å²) in [5.41, 5.74) is 0. The van der Waals surface area contributed by atoms with Gasteiger partial charge in [0, 0.05) is 19.7 Å². The summed E-state index contributed by atoms with van der Waals surface area (Å²) in [7, 11) is 1.62. The molecular weight excluding hydrogens is 220 g/mol. The van der Waals surface area contributed by atoms with Crippen LogP contribution in [0.1, 0.15) is 36.7 Å². The zero-order chi connectivity index (χ0) is 12.8. The number of aromatic amines is 1. The van der Waals surface area contributed by atoms with E-state index >= 15 is 0 Å². The van der Waals surface area contributed by atoms with Gasteiger partial charge in [0.15, 0.2) is 0 Å². The Hall–Kier alpha value is -1.43. The van der Waals surface area contributed by atoms with Gasteiger partial charge in [-0.2, -0.15) is 0 Å². The molecule has 0 aliphatic rings. The highest BCUT2D eigenvalue weighted by molar-refractivity contribution is 5.90. The van der Waals surface area contributed by atoms with E-state index in [0.717, 1.165) is 6.42 Å². The Kier molecular flexibility index (Phi) is 5.09. The SMILES string of the molecule is CCC(C)N(CCOC)C(=O)c1n[nH]c(C)n1. The Balaban J connectivity index is 2.78. The maximum atomic E-state index is 12.2. The van der Waals surface area contributed by atoms with Gasteiger partial charge in [-0.15, -0.1) is 5.10 Å². The van der Waals surface area contributed by atoms with Crippen LogP contribution in [-0.2, 0) is 4.74 Å². The molecule has 1 aromatic rings. The van der Waals surface area contributed by atoms with Crippen LogP contribution >= 0.6 is 0 Å². The van der Waals surface area contributed by atoms with Crippen LogP contribution in [0.15, 0.2) is 0 Å². The standard InChI is InChI=1S/C11H20N4O2/c1-5-8(2)15(6-7-17-4)11(16)10-12-9(3)13-14-10/h8H,5-7H2,1-4H3,(H,12,13,14). The highest BCUT2D eigenvalue weighted by atomic mass is 16.5. The Bertz CT molecular complexity index is 364. The van der Waals surface area contributed by atoms with Gasteiger partial charge < -0.3 is 9.64 Å². The summed E-state index contributed by atoms with van der Waals surface area (Å²) >= 11 is 0. The van der Waals surface area contributed by atoms with Crippen molar-refractivity contribution in [1.82, 2.24) is 20.1 Å². The van der Waals surface area contributed by atoms with E-state index in [1.165, 1.54) is 0 Å². The van der Waals surface area contributed by atoms with E-state index in [-0.39, 0.29) is 17.8 Å². The number of carbonyl (C=O) groups is 1. The molecule has 0 fully saturated rings. The summed E-state index contributed by atoms with van der Waals surface area (Å²) in [5, 5.41) is 6.57. The van der Waals surface area contributed by atoms with Crippen molar-refractivity contribution >= 4 is 5.91 Å². The molecule has 0 saturated heterocycles. The van der Waals surface area contributed by atoms with E-state index < -0.39 is 0 Å². The molecule has 96 valence electrons. The Morgan fingerprint density at radius 1 is 1.59 bits per heavy atom. The van der Waals surface area contributed by atoms with Crippen LogP contribution < -0.4 is 0 Å². The van der Waals surface area contributed by atoms with Gasteiger partial charge in [-0.1, -0.05) is 6.92 Å². The third kappa shape index (κ3) is 3.52. The van der Waals surface area contributed by atoms with Gasteiger partial charge in [-0.3, -0.25) is 9.89 Å². The van der Waals surface area contributed by atoms with Crippen molar-refractivity contribution in [2.75, 3.05) is 20.3 Å². The van der Waals surface area contributed by atoms with E-state index in [2.05, 4.69) is 15.2 Å². The number of aromatic nitrogens is 3. The average Bonchev–Trinajstić information content (AvgIpc) is 2.75. The zero-order valence-corrected chi connectivity index (χ0v) is 10.9. The molecule has 0 aromatic carbocycles. The first kappa shape index (κ1) is 13.6. The third-order valence-electron chi connectivity index (χ3n) is 2.71. The van der Waals surface area contributed by atoms with E-state index in [1.807, 2.05) is 13.8 Å². The summed E-state index contributed by atoms with van der Waals surface area (Å²) in [6.07, 6.45) is 0.888. The first-order valence-electron chi connectivity index (χ1n) is 5.79. The summed E-state index contributed by atoms with van der Waals surface area (Å²) in [5.74, 6) is 0.712. The number of nitrogens with one attached hydrogen (secondary N) is 1. The number of ether oxygens (including phenoxy) is 1. The fourth-order valence-corrected chi connectivity index (χ4v) is 1.50. The van der Waals surface area contributed by atoms with Crippen molar-refractivity contribution in [3.63, 3.8) is 0 Å². The minimum atomic E-state index is -0.152. The van der Waals surface area contributed by atoms with Crippen molar-refractivity contribution in [2.45, 2.75) is 33.2 Å². The molecule has 0 aliphatic heterocycles. The van der Waals surface area contributed by atoms with Gasteiger partial charge in [0.05, 0.1) is 6.61 Å². The normalized spacial score (nSPS) is 12.5. The van der Waals surface area contributed by atoms with Gasteiger partial charge in [0.1, 0.15) is 5.82 Å². The fourth-order valence-electron chi connectivity index (χ4n) is 1.50. The lowest BCUT2D eigenvalue weighted by Crippen LogP contribution is -2.41. The third-order valence-corrected chi connectivity index (χ3v) is 2.71. The van der Waals surface area contributed by atoms with Crippen LogP contribution in [0.5, 0.6) is 0 Å². The summed E-state index contributed by atoms with van der Waals surface area (Å²) in [6.45, 7) is 6.89. The molecule has 6 nitrogen and oxygen atoms in total. The van der Waals surface area contributed by atoms with Crippen molar-refractivity contribution < 1.29 is 9.53 Å². The maximum absolute atomic E-state index is 12.2. The molecule has 1 rings (SSSR count). The molecule has 1 unspecified atom stereocenters. The van der Waals surface area contributed by atoms with Gasteiger partial charge in [-0.25, -0.2) is 4.98 Å². The number of hydrogen-bond acceptors (Lipinski definition) is 4. The second kappa shape index (κ2) is 6.34. The van der Waals surface area contributed by atoms with E-state index in [9.17, 15) is 4.79 Å². The topological polar surface area (TPSA) is 71.1 Å². The lowest BCUT2D eigenvalue weighted by atomic mass is 10.2. The van der Waals surface area contributed by atoms with Crippen LogP contribution in [0.2, 0.25) is 0 Å². The summed E-state index contributed by atoms with van der Waals surface area (Å²) in [6, 6.07) is 0.149. The maximum Gasteiger partial charge on any atom is 0.293 e. The van der Waals surface area contributed by atoms with Crippen molar-refractivity contribution in [3.8, 4) is 0 Å². The number of hydrogen-bond donors (Lipinski definition) is 1. The first-order chi connectivity index (χ1) is 8.10. The molecule has 0 bridgehead atoms. The van der Waals surface area contributed by atoms with Crippen LogP contribution in [0, 0.1) is 6.92 Å². The van der Waals surface area contributed by atoms with Crippen molar-refractivity contribution in [3.05, 3.63) is 11.6 Å². The molecule has 0 saturated carbocycles. The van der Waals surface area contributed by atoms with Crippen LogP contribution in [0.25, 0.3) is 0 Å². The number of rotatable bonds is 6. The second-order valence-electron chi connectivity index (χ2n) is 3.99. The lowest BCUT2D eigenvalue weighted by molar-refractivity contribution is 0.0602. The van der Waals surface area contributed by atoms with Crippen LogP contribution in [0.4, 0.5) is 0 Å². The van der Waals surface area contributed by atoms with Gasteiger partial charge >= 0.3 is 0 Å². The zero-order valence-electron chi connectivity index (χ0n) is 10.9. The van der Waals surface area contributed by atoms with E-state index in [1.54, 1.807) is 18.9 Å². The molecular formula is C11H20N4O2. The molecule has 17 heavy (non-hydrogen) atoms. The molecule has 1 N–H and O–H groups in total. The lowest BCUT2D eigenvalue weighted by Gasteiger charge is -2.27. The first-order valence-corrected chi connectivity index (χ1v) is 5.79. The number of nitrogens with zero attached hydrogens (tertiary/aromatic N) is 3. The van der Waals surface area contributed by atoms with Gasteiger partial charge in [-0.05, 0) is 20.3 Å². The molecule has 0 spiro atoms. The van der Waals surface area contributed by atoms with Gasteiger partial charge in [0.25, 0.3) is 5.91 Å². The highest BCUT2D eigenvalue weighted by Crippen LogP contribution is 2.07. The largest absolute Gasteiger partial charge is 0.383 e. The minimum Gasteiger partial charge on any atom is -0.383 e. The van der Waals surface area contributed by atoms with Crippen molar-refractivity contribution in [2.24, 2.45) is 0 Å². The van der Waals surface area contributed by atoms with Gasteiger partial charge in [0.2, 0.25) is 5.82 Å². The Morgan fingerprint density at radius 2 is 2.29 bits per heavy atom. The molecule has 0 aliphatic carbocycles. The number of amides is 1. The molecule has 0 radical (unpaired) electrons. The molecule has 1 heterocycles. The number of methoxy groups -OCH3 is 1. The Labute approximate surface area is 101 Å². The smallest absolute Gasteiger partial charge is 0.293 e. The monoisotopic (exact) mass is 240 g/mol. The number of H-pyrrole nitrogens is 1. The van der Waals surface area contributed by atoms with Crippen LogP contribution in [0.3, 0.4) is 0 Å². The second-order valence-corrected chi connectivity index (χ2v) is 3.99. The predicted octanol–water partition coefficient (Wildman–Crippen LogP) is 1.00. The summed E-state index contributed by atoms with van der Waals surface area (Å²) < 4.78 is 5.02. The quantitative estimate of drug-likeness (QED) is 0.805. The molecule has 1 aromatic heterocycles. The fraction of sp³-hybridized carbons (Fsp3) is 0.727. The molecule has 1 amide bonds. The average molecular weight is 240 g/mol. The minimum absolute atomic E-state index is 0.149. The number of aryl methyl sites for hydroxylation is 1. The Morgan fingerprint density at radius 3 is 2.76 bits per heavy atom. The van der Waals surface area contributed by atoms with E-state index in [4.69, 9.17) is 4.74 Å². The van der Waals surface area contributed by atoms with E-state index in [0.29, 0.717) is 19.0 Å². The summed E-state index contributed by atoms with van der Waals surface area (Å²) in [4.78, 5) is 18.0. The van der Waals surface area contributed by atoms with Crippen molar-refractivity contribution in [1.29, 1.82) is 0 Å². The predicted molar refractivity (Wildman–Crippen MR) is 63.8 cm³/mol.